The van der Waals surface area contributed by atoms with Crippen LogP contribution < -0.4 is 19.6 Å². The molecule has 0 saturated carbocycles. The Morgan fingerprint density at radius 2 is 2.00 bits per heavy atom. The molecular formula is C19H20N2O4. The second-order valence-corrected chi connectivity index (χ2v) is 5.54. The van der Waals surface area contributed by atoms with Gasteiger partial charge in [-0.25, -0.2) is 5.43 Å². The molecule has 1 aliphatic rings. The van der Waals surface area contributed by atoms with Crippen molar-refractivity contribution >= 4 is 12.1 Å². The number of hydrazone groups is 1. The summed E-state index contributed by atoms with van der Waals surface area (Å²) in [5.74, 6) is 1.86. The van der Waals surface area contributed by atoms with Gasteiger partial charge in [0.15, 0.2) is 11.5 Å². The quantitative estimate of drug-likeness (QED) is 0.477. The first-order valence-electron chi connectivity index (χ1n) is 8.22. The number of carbonyl (C=O) groups excluding carboxylic acids is 1. The molecule has 0 unspecified atom stereocenters. The summed E-state index contributed by atoms with van der Waals surface area (Å²) in [5.41, 5.74) is 3.83. The molecule has 6 nitrogen and oxygen atoms in total. The topological polar surface area (TPSA) is 69.2 Å². The lowest BCUT2D eigenvalue weighted by atomic mass is 10.2. The minimum Gasteiger partial charge on any atom is -0.494 e. The summed E-state index contributed by atoms with van der Waals surface area (Å²) in [5, 5.41) is 3.97. The van der Waals surface area contributed by atoms with E-state index in [4.69, 9.17) is 14.2 Å². The Morgan fingerprint density at radius 1 is 1.20 bits per heavy atom. The van der Waals surface area contributed by atoms with E-state index in [-0.39, 0.29) is 12.7 Å². The highest BCUT2D eigenvalue weighted by Crippen LogP contribution is 2.31. The zero-order valence-electron chi connectivity index (χ0n) is 14.0. The normalized spacial score (nSPS) is 12.4. The van der Waals surface area contributed by atoms with E-state index in [2.05, 4.69) is 17.5 Å². The molecule has 2 aromatic rings. The highest BCUT2D eigenvalue weighted by Gasteiger charge is 2.12. The maximum Gasteiger partial charge on any atom is 0.271 e. The largest absolute Gasteiger partial charge is 0.494 e. The van der Waals surface area contributed by atoms with E-state index in [0.29, 0.717) is 23.7 Å². The van der Waals surface area contributed by atoms with E-state index in [0.717, 1.165) is 24.2 Å². The highest BCUT2D eigenvalue weighted by atomic mass is 16.7. The molecule has 1 aliphatic heterocycles. The SMILES string of the molecule is CCCCOc1ccc(C(=O)N/N=C/c2ccc3c(c2)OCO3)cc1. The molecule has 1 heterocycles. The van der Waals surface area contributed by atoms with Crippen LogP contribution in [-0.2, 0) is 0 Å². The van der Waals surface area contributed by atoms with Crippen molar-refractivity contribution in [3.05, 3.63) is 53.6 Å². The summed E-state index contributed by atoms with van der Waals surface area (Å²) < 4.78 is 16.1. The molecule has 2 aromatic carbocycles. The molecule has 0 aliphatic carbocycles. The molecule has 25 heavy (non-hydrogen) atoms. The Balaban J connectivity index is 1.53. The number of hydrogen-bond acceptors (Lipinski definition) is 5. The smallest absolute Gasteiger partial charge is 0.271 e. The fourth-order valence-corrected chi connectivity index (χ4v) is 2.26. The van der Waals surface area contributed by atoms with E-state index in [1.165, 1.54) is 0 Å². The number of nitrogens with one attached hydrogen (secondary N) is 1. The maximum absolute atomic E-state index is 12.1. The van der Waals surface area contributed by atoms with E-state index < -0.39 is 0 Å². The van der Waals surface area contributed by atoms with Crippen molar-refractivity contribution in [3.8, 4) is 17.2 Å². The third-order valence-corrected chi connectivity index (χ3v) is 3.66. The van der Waals surface area contributed by atoms with Gasteiger partial charge in [-0.2, -0.15) is 5.10 Å². The number of carbonyl (C=O) groups is 1. The lowest BCUT2D eigenvalue weighted by molar-refractivity contribution is 0.0955. The molecule has 130 valence electrons. The second-order valence-electron chi connectivity index (χ2n) is 5.54. The molecule has 1 amide bonds. The molecule has 3 rings (SSSR count). The zero-order valence-corrected chi connectivity index (χ0v) is 14.0. The van der Waals surface area contributed by atoms with Crippen molar-refractivity contribution < 1.29 is 19.0 Å². The third kappa shape index (κ3) is 4.50. The Hall–Kier alpha value is -3.02. The number of benzene rings is 2. The monoisotopic (exact) mass is 340 g/mol. The van der Waals surface area contributed by atoms with Gasteiger partial charge in [-0.05, 0) is 54.4 Å². The van der Waals surface area contributed by atoms with E-state index >= 15 is 0 Å². The first-order chi connectivity index (χ1) is 12.3. The predicted octanol–water partition coefficient (Wildman–Crippen LogP) is 3.36. The minimum absolute atomic E-state index is 0.227. The van der Waals surface area contributed by atoms with Gasteiger partial charge >= 0.3 is 0 Å². The standard InChI is InChI=1S/C19H20N2O4/c1-2-3-10-23-16-7-5-15(6-8-16)19(22)21-20-12-14-4-9-17-18(11-14)25-13-24-17/h4-9,11-12H,2-3,10,13H2,1H3,(H,21,22)/b20-12+. The van der Waals surface area contributed by atoms with Gasteiger partial charge in [-0.3, -0.25) is 4.79 Å². The Bertz CT molecular complexity index is 757. The van der Waals surface area contributed by atoms with Gasteiger partial charge in [0.2, 0.25) is 6.79 Å². The van der Waals surface area contributed by atoms with Crippen LogP contribution >= 0.6 is 0 Å². The van der Waals surface area contributed by atoms with Crippen molar-refractivity contribution in [3.63, 3.8) is 0 Å². The van der Waals surface area contributed by atoms with Crippen LogP contribution in [0.2, 0.25) is 0 Å². The van der Waals surface area contributed by atoms with Crippen LogP contribution in [0.25, 0.3) is 0 Å². The first kappa shape index (κ1) is 16.8. The number of fused-ring (bicyclic) bond motifs is 1. The van der Waals surface area contributed by atoms with Crippen molar-refractivity contribution in [2.24, 2.45) is 5.10 Å². The molecule has 1 N–H and O–H groups in total. The number of ether oxygens (including phenoxy) is 3. The average molecular weight is 340 g/mol. The number of nitrogens with zero attached hydrogens (tertiary/aromatic N) is 1. The van der Waals surface area contributed by atoms with Crippen molar-refractivity contribution in [1.29, 1.82) is 0 Å². The average Bonchev–Trinajstić information content (AvgIpc) is 3.10. The minimum atomic E-state index is -0.280. The molecule has 0 spiro atoms. The fraction of sp³-hybridized carbons (Fsp3) is 0.263. The molecular weight excluding hydrogens is 320 g/mol. The summed E-state index contributed by atoms with van der Waals surface area (Å²) in [6, 6.07) is 12.5. The molecule has 0 radical (unpaired) electrons. The Labute approximate surface area is 146 Å². The van der Waals surface area contributed by atoms with Crippen molar-refractivity contribution in [2.45, 2.75) is 19.8 Å². The lowest BCUT2D eigenvalue weighted by Crippen LogP contribution is -2.17. The summed E-state index contributed by atoms with van der Waals surface area (Å²) in [6.07, 6.45) is 3.65. The van der Waals surface area contributed by atoms with Crippen molar-refractivity contribution in [1.82, 2.24) is 5.43 Å². The summed E-state index contributed by atoms with van der Waals surface area (Å²) in [7, 11) is 0. The van der Waals surface area contributed by atoms with Crippen molar-refractivity contribution in [2.75, 3.05) is 13.4 Å². The molecule has 0 fully saturated rings. The van der Waals surface area contributed by atoms with Crippen LogP contribution in [0.1, 0.15) is 35.7 Å². The van der Waals surface area contributed by atoms with Crippen LogP contribution in [0.15, 0.2) is 47.6 Å². The van der Waals surface area contributed by atoms with Crippen LogP contribution in [0.4, 0.5) is 0 Å². The van der Waals surface area contributed by atoms with Gasteiger partial charge in [0, 0.05) is 5.56 Å². The second kappa shape index (κ2) is 8.19. The summed E-state index contributed by atoms with van der Waals surface area (Å²) in [6.45, 7) is 3.02. The van der Waals surface area contributed by atoms with Crippen LogP contribution in [0.3, 0.4) is 0 Å². The lowest BCUT2D eigenvalue weighted by Gasteiger charge is -2.06. The van der Waals surface area contributed by atoms with E-state index in [1.807, 2.05) is 12.1 Å². The molecule has 0 bridgehead atoms. The number of unbranched alkanes of at least 4 members (excludes halogenated alkanes) is 1. The Morgan fingerprint density at radius 3 is 2.80 bits per heavy atom. The maximum atomic E-state index is 12.1. The van der Waals surface area contributed by atoms with Gasteiger partial charge in [0.1, 0.15) is 5.75 Å². The summed E-state index contributed by atoms with van der Waals surface area (Å²) in [4.78, 5) is 12.1. The zero-order chi connectivity index (χ0) is 17.5. The number of amides is 1. The van der Waals surface area contributed by atoms with Gasteiger partial charge in [-0.1, -0.05) is 13.3 Å². The van der Waals surface area contributed by atoms with Gasteiger partial charge in [0.05, 0.1) is 12.8 Å². The van der Waals surface area contributed by atoms with E-state index in [9.17, 15) is 4.79 Å². The predicted molar refractivity (Wildman–Crippen MR) is 94.5 cm³/mol. The van der Waals surface area contributed by atoms with E-state index in [1.54, 1.807) is 36.5 Å². The fourth-order valence-electron chi connectivity index (χ4n) is 2.26. The highest BCUT2D eigenvalue weighted by molar-refractivity contribution is 5.95. The number of rotatable bonds is 7. The molecule has 0 saturated heterocycles. The van der Waals surface area contributed by atoms with Crippen LogP contribution in [-0.4, -0.2) is 25.5 Å². The molecule has 0 atom stereocenters. The molecule has 0 aromatic heterocycles. The Kier molecular flexibility index (Phi) is 5.51. The van der Waals surface area contributed by atoms with Gasteiger partial charge in [-0.15, -0.1) is 0 Å². The van der Waals surface area contributed by atoms with Gasteiger partial charge < -0.3 is 14.2 Å². The number of hydrogen-bond donors (Lipinski definition) is 1. The third-order valence-electron chi connectivity index (χ3n) is 3.66. The van der Waals surface area contributed by atoms with Crippen LogP contribution in [0, 0.1) is 0 Å². The van der Waals surface area contributed by atoms with Gasteiger partial charge in [0.25, 0.3) is 5.91 Å². The molecule has 6 heteroatoms. The summed E-state index contributed by atoms with van der Waals surface area (Å²) >= 11 is 0. The first-order valence-corrected chi connectivity index (χ1v) is 8.22. The van der Waals surface area contributed by atoms with Crippen LogP contribution in [0.5, 0.6) is 17.2 Å².